The van der Waals surface area contributed by atoms with Crippen LogP contribution in [0.25, 0.3) is 0 Å². The molecule has 0 amide bonds. The summed E-state index contributed by atoms with van der Waals surface area (Å²) in [6, 6.07) is 0. The Balaban J connectivity index is 1.13. The van der Waals surface area contributed by atoms with E-state index in [2.05, 4.69) is 54.5 Å². The summed E-state index contributed by atoms with van der Waals surface area (Å²) in [5, 5.41) is 84.2. The maximum atomic E-state index is 14.8. The lowest BCUT2D eigenvalue weighted by Crippen LogP contribution is -2.65. The van der Waals surface area contributed by atoms with Crippen LogP contribution in [0.15, 0.2) is 11.6 Å². The number of hydrogen-bond acceptors (Lipinski definition) is 13. The van der Waals surface area contributed by atoms with E-state index >= 15 is 0 Å². The van der Waals surface area contributed by atoms with Crippen LogP contribution in [0, 0.1) is 50.2 Å². The molecule has 6 fully saturated rings. The third-order valence-corrected chi connectivity index (χ3v) is 17.2. The first kappa shape index (κ1) is 41.9. The number of carbonyl (C=O) groups excluding carboxylic acids is 1. The van der Waals surface area contributed by atoms with Crippen molar-refractivity contribution in [1.29, 1.82) is 0 Å². The van der Waals surface area contributed by atoms with Crippen molar-refractivity contribution in [3.8, 4) is 0 Å². The second kappa shape index (κ2) is 14.2. The molecular weight excluding hydrogens is 712 g/mol. The number of esters is 1. The van der Waals surface area contributed by atoms with E-state index in [-0.39, 0.29) is 39.1 Å². The van der Waals surface area contributed by atoms with Crippen LogP contribution in [0.2, 0.25) is 0 Å². The number of aliphatic hydroxyl groups excluding tert-OH is 8. The highest BCUT2D eigenvalue weighted by atomic mass is 16.7. The monoisotopic (exact) mass is 780 g/mol. The van der Waals surface area contributed by atoms with Gasteiger partial charge < -0.3 is 59.8 Å². The van der Waals surface area contributed by atoms with Crippen molar-refractivity contribution in [2.45, 2.75) is 180 Å². The van der Waals surface area contributed by atoms with Gasteiger partial charge in [-0.25, -0.2) is 0 Å². The average Bonchev–Trinajstić information content (AvgIpc) is 3.12. The summed E-state index contributed by atoms with van der Waals surface area (Å²) in [6.45, 7) is 15.3. The number of hydrogen-bond donors (Lipinski definition) is 8. The van der Waals surface area contributed by atoms with Crippen LogP contribution in [0.1, 0.15) is 113 Å². The zero-order valence-electron chi connectivity index (χ0n) is 33.8. The van der Waals surface area contributed by atoms with Gasteiger partial charge in [-0.3, -0.25) is 4.79 Å². The molecule has 5 aliphatic carbocycles. The summed E-state index contributed by atoms with van der Waals surface area (Å²) < 4.78 is 23.0. The van der Waals surface area contributed by atoms with E-state index in [9.17, 15) is 45.6 Å². The predicted octanol–water partition coefficient (Wildman–Crippen LogP) is 2.32. The topological polar surface area (TPSA) is 216 Å². The van der Waals surface area contributed by atoms with E-state index < -0.39 is 86.0 Å². The Labute approximate surface area is 325 Å². The molecular formula is C42H68O13. The lowest BCUT2D eigenvalue weighted by molar-refractivity contribution is -0.328. The van der Waals surface area contributed by atoms with Gasteiger partial charge in [0.25, 0.3) is 0 Å². The van der Waals surface area contributed by atoms with Gasteiger partial charge in [0.2, 0.25) is 6.29 Å². The Morgan fingerprint density at radius 1 is 0.727 bits per heavy atom. The lowest BCUT2D eigenvalue weighted by atomic mass is 9.33. The highest BCUT2D eigenvalue weighted by Crippen LogP contribution is 2.76. The molecule has 314 valence electrons. The van der Waals surface area contributed by atoms with E-state index in [0.717, 1.165) is 51.4 Å². The third kappa shape index (κ3) is 6.31. The van der Waals surface area contributed by atoms with Crippen LogP contribution in [-0.4, -0.2) is 128 Å². The van der Waals surface area contributed by atoms with Crippen molar-refractivity contribution >= 4 is 5.97 Å². The number of fused-ring (bicyclic) bond motifs is 7. The average molecular weight is 781 g/mol. The van der Waals surface area contributed by atoms with E-state index in [1.807, 2.05) is 0 Å². The van der Waals surface area contributed by atoms with Gasteiger partial charge in [0.05, 0.1) is 24.7 Å². The molecule has 13 nitrogen and oxygen atoms in total. The molecule has 4 saturated carbocycles. The fourth-order valence-electron chi connectivity index (χ4n) is 13.4. The lowest BCUT2D eigenvalue weighted by Gasteiger charge is -2.71. The minimum atomic E-state index is -1.76. The first-order chi connectivity index (χ1) is 25.6. The van der Waals surface area contributed by atoms with Crippen molar-refractivity contribution in [1.82, 2.24) is 0 Å². The van der Waals surface area contributed by atoms with Crippen LogP contribution in [0.4, 0.5) is 0 Å². The van der Waals surface area contributed by atoms with Gasteiger partial charge in [-0.2, -0.15) is 0 Å². The SMILES string of the molecule is CC1(C)CC[C@]2(C(=O)O[C@@H]3O[C@H](CO[C@H]4O[C@@H](CO)[C@H](O)[C@@H](O)[C@H]4O)[C@H](O)[C@@H](O)[C@@H]3O)CC[C@@]3(C)C(=CC[C@@H]4[C@]5(C)CC[C@H](O)C(C)(C)[C@H]5CC[C@@]43C)[C@H]2C1. The molecule has 2 heterocycles. The molecule has 13 heteroatoms. The quantitative estimate of drug-likeness (QED) is 0.144. The highest BCUT2D eigenvalue weighted by Gasteiger charge is 2.69. The van der Waals surface area contributed by atoms with E-state index in [1.165, 1.54) is 5.57 Å². The van der Waals surface area contributed by atoms with E-state index in [4.69, 9.17) is 18.9 Å². The minimum Gasteiger partial charge on any atom is -0.432 e. The predicted molar refractivity (Wildman–Crippen MR) is 198 cm³/mol. The first-order valence-corrected chi connectivity index (χ1v) is 20.8. The van der Waals surface area contributed by atoms with Crippen molar-refractivity contribution in [3.63, 3.8) is 0 Å². The fraction of sp³-hybridized carbons (Fsp3) is 0.929. The fourth-order valence-corrected chi connectivity index (χ4v) is 13.4. The molecule has 55 heavy (non-hydrogen) atoms. The van der Waals surface area contributed by atoms with Crippen LogP contribution >= 0.6 is 0 Å². The summed E-state index contributed by atoms with van der Waals surface area (Å²) in [5.41, 5.74) is 0.212. The van der Waals surface area contributed by atoms with Crippen LogP contribution < -0.4 is 0 Å². The Kier molecular flexibility index (Phi) is 10.8. The van der Waals surface area contributed by atoms with Gasteiger partial charge in [0.15, 0.2) is 6.29 Å². The minimum absolute atomic E-state index is 0.00451. The van der Waals surface area contributed by atoms with Gasteiger partial charge in [0.1, 0.15) is 48.8 Å². The number of aliphatic hydroxyl groups is 8. The van der Waals surface area contributed by atoms with Crippen molar-refractivity contribution in [2.75, 3.05) is 13.2 Å². The summed E-state index contributed by atoms with van der Waals surface area (Å²) in [6.07, 6.45) is -5.21. The molecule has 0 aromatic rings. The number of carbonyl (C=O) groups is 1. The maximum absolute atomic E-state index is 14.8. The van der Waals surface area contributed by atoms with Gasteiger partial charge in [-0.05, 0) is 109 Å². The van der Waals surface area contributed by atoms with Crippen molar-refractivity contribution in [3.05, 3.63) is 11.6 Å². The molecule has 7 aliphatic rings. The molecule has 7 rings (SSSR count). The molecule has 18 atom stereocenters. The zero-order chi connectivity index (χ0) is 40.3. The first-order valence-electron chi connectivity index (χ1n) is 20.8. The Hall–Kier alpha value is -1.23. The van der Waals surface area contributed by atoms with Crippen LogP contribution in [-0.2, 0) is 23.7 Å². The van der Waals surface area contributed by atoms with Crippen LogP contribution in [0.3, 0.4) is 0 Å². The van der Waals surface area contributed by atoms with Gasteiger partial charge in [0, 0.05) is 0 Å². The summed E-state index contributed by atoms with van der Waals surface area (Å²) in [7, 11) is 0. The zero-order valence-corrected chi connectivity index (χ0v) is 33.8. The molecule has 2 aliphatic heterocycles. The van der Waals surface area contributed by atoms with Crippen molar-refractivity contribution < 1.29 is 64.6 Å². The summed E-state index contributed by atoms with van der Waals surface area (Å²) >= 11 is 0. The number of ether oxygens (including phenoxy) is 4. The van der Waals surface area contributed by atoms with E-state index in [1.54, 1.807) is 0 Å². The summed E-state index contributed by atoms with van der Waals surface area (Å²) in [4.78, 5) is 14.8. The standard InChI is InChI=1S/C42H68O13/c1-37(2)14-16-42(36(51)55-35-33(50)31(48)29(46)24(54-35)20-52-34-32(49)30(47)28(45)23(19-43)53-34)17-15-40(6)21(22(42)18-37)8-9-26-39(5)12-11-27(44)38(3,4)25(39)10-13-41(26,40)7/h8,22-35,43-50H,9-20H2,1-7H3/t22-,23+,24-,25-,26-,27+,28+,29+,30-,31-,32-,33+,34+,35+,39-,40+,41+,42+/m1/s1. The van der Waals surface area contributed by atoms with Crippen LogP contribution in [0.5, 0.6) is 0 Å². The molecule has 0 bridgehead atoms. The Bertz CT molecular complexity index is 1480. The third-order valence-electron chi connectivity index (χ3n) is 17.2. The summed E-state index contributed by atoms with van der Waals surface area (Å²) in [5.74, 6) is 0.269. The van der Waals surface area contributed by atoms with Gasteiger partial charge in [-0.1, -0.05) is 60.1 Å². The molecule has 0 aromatic carbocycles. The molecule has 0 spiro atoms. The number of allylic oxidation sites excluding steroid dienone is 2. The molecule has 8 N–H and O–H groups in total. The molecule has 0 radical (unpaired) electrons. The normalized spacial score (nSPS) is 53.1. The van der Waals surface area contributed by atoms with Crippen molar-refractivity contribution in [2.24, 2.45) is 50.2 Å². The highest BCUT2D eigenvalue weighted by molar-refractivity contribution is 5.79. The maximum Gasteiger partial charge on any atom is 0.315 e. The second-order valence-electron chi connectivity index (χ2n) is 20.7. The molecule has 0 unspecified atom stereocenters. The smallest absolute Gasteiger partial charge is 0.315 e. The Morgan fingerprint density at radius 2 is 1.35 bits per heavy atom. The van der Waals surface area contributed by atoms with E-state index in [0.29, 0.717) is 24.7 Å². The second-order valence-corrected chi connectivity index (χ2v) is 20.7. The largest absolute Gasteiger partial charge is 0.432 e. The Morgan fingerprint density at radius 3 is 2.02 bits per heavy atom. The van der Waals surface area contributed by atoms with Gasteiger partial charge in [-0.15, -0.1) is 0 Å². The molecule has 0 aromatic heterocycles. The van der Waals surface area contributed by atoms with Gasteiger partial charge >= 0.3 is 5.97 Å². The molecule has 2 saturated heterocycles. The number of rotatable bonds is 6.